The fourth-order valence-electron chi connectivity index (χ4n) is 4.38. The third-order valence-electron chi connectivity index (χ3n) is 6.58. The van der Waals surface area contributed by atoms with Crippen molar-refractivity contribution < 1.29 is 13.9 Å². The van der Waals surface area contributed by atoms with Gasteiger partial charge in [0.25, 0.3) is 0 Å². The van der Waals surface area contributed by atoms with Crippen LogP contribution in [0.15, 0.2) is 47.4 Å². The van der Waals surface area contributed by atoms with Crippen molar-refractivity contribution in [3.63, 3.8) is 0 Å². The van der Waals surface area contributed by atoms with Crippen LogP contribution < -0.4 is 10.1 Å². The molecule has 180 valence electrons. The Hall–Kier alpha value is -3.00. The van der Waals surface area contributed by atoms with Crippen molar-refractivity contribution >= 4 is 6.29 Å². The third kappa shape index (κ3) is 5.73. The van der Waals surface area contributed by atoms with Crippen LogP contribution in [0.1, 0.15) is 32.6 Å². The Bertz CT molecular complexity index is 1070. The first kappa shape index (κ1) is 24.1. The fourth-order valence-corrected chi connectivity index (χ4v) is 4.38. The summed E-state index contributed by atoms with van der Waals surface area (Å²) in [5, 5.41) is 3.11. The van der Waals surface area contributed by atoms with Crippen molar-refractivity contribution in [1.29, 1.82) is 0 Å². The quantitative estimate of drug-likeness (QED) is 0.366. The number of piperazine rings is 1. The molecule has 0 unspecified atom stereocenters. The normalized spacial score (nSPS) is 14.9. The van der Waals surface area contributed by atoms with Crippen LogP contribution in [-0.2, 0) is 13.0 Å². The number of rotatable bonds is 10. The number of aromatic nitrogens is 1. The van der Waals surface area contributed by atoms with Crippen molar-refractivity contribution in [1.82, 2.24) is 20.1 Å². The van der Waals surface area contributed by atoms with E-state index >= 15 is 0 Å². The Morgan fingerprint density at radius 1 is 1.18 bits per heavy atom. The highest BCUT2D eigenvalue weighted by Crippen LogP contribution is 2.32. The van der Waals surface area contributed by atoms with E-state index in [-0.39, 0.29) is 0 Å². The molecule has 4 rings (SSSR count). The molecule has 7 nitrogen and oxygen atoms in total. The summed E-state index contributed by atoms with van der Waals surface area (Å²) in [6.45, 7) is 8.31. The number of likely N-dealkylation sites (N-methyl/N-ethyl adjacent to an activating group) is 2. The van der Waals surface area contributed by atoms with Crippen LogP contribution in [0.4, 0.5) is 0 Å². The van der Waals surface area contributed by atoms with Gasteiger partial charge >= 0.3 is 0 Å². The maximum atomic E-state index is 12.1. The van der Waals surface area contributed by atoms with Gasteiger partial charge < -0.3 is 19.4 Å². The lowest BCUT2D eigenvalue weighted by atomic mass is 9.92. The molecule has 3 aromatic rings. The molecule has 0 amide bonds. The zero-order valence-corrected chi connectivity index (χ0v) is 20.3. The van der Waals surface area contributed by atoms with Crippen molar-refractivity contribution in [3.8, 4) is 17.0 Å². The van der Waals surface area contributed by atoms with E-state index in [4.69, 9.17) is 9.15 Å². The van der Waals surface area contributed by atoms with Crippen molar-refractivity contribution in [3.05, 3.63) is 70.8 Å². The summed E-state index contributed by atoms with van der Waals surface area (Å²) >= 11 is 0. The number of hydrogen-bond donors (Lipinski definition) is 1. The predicted octanol–water partition coefficient (Wildman–Crippen LogP) is 3.40. The Balaban J connectivity index is 1.63. The lowest BCUT2D eigenvalue weighted by molar-refractivity contribution is 0.111. The number of nitrogens with zero attached hydrogens (tertiary/aromatic N) is 3. The summed E-state index contributed by atoms with van der Waals surface area (Å²) < 4.78 is 11.3. The molecule has 1 aromatic heterocycles. The molecule has 0 bridgehead atoms. The van der Waals surface area contributed by atoms with E-state index in [0.29, 0.717) is 12.2 Å². The molecule has 0 saturated carbocycles. The van der Waals surface area contributed by atoms with Crippen LogP contribution in [-0.4, -0.2) is 74.5 Å². The average molecular weight is 463 g/mol. The molecule has 1 N–H and O–H groups in total. The molecule has 2 heterocycles. The van der Waals surface area contributed by atoms with E-state index in [1.165, 1.54) is 17.5 Å². The van der Waals surface area contributed by atoms with Gasteiger partial charge in [0.2, 0.25) is 0 Å². The Morgan fingerprint density at radius 3 is 2.59 bits per heavy atom. The van der Waals surface area contributed by atoms with Gasteiger partial charge in [-0.1, -0.05) is 24.3 Å². The second kappa shape index (κ2) is 11.4. The smallest absolute Gasteiger partial charge is 0.181 e. The Kier molecular flexibility index (Phi) is 8.11. The second-order valence-corrected chi connectivity index (χ2v) is 8.95. The minimum absolute atomic E-state index is 0.523. The summed E-state index contributed by atoms with van der Waals surface area (Å²) in [4.78, 5) is 21.1. The Morgan fingerprint density at radius 2 is 1.94 bits per heavy atom. The largest absolute Gasteiger partial charge is 0.491 e. The summed E-state index contributed by atoms with van der Waals surface area (Å²) in [5.74, 6) is 0.729. The number of ether oxygens (including phenoxy) is 1. The molecule has 2 aromatic carbocycles. The summed E-state index contributed by atoms with van der Waals surface area (Å²) in [7, 11) is 4.06. The third-order valence-corrected chi connectivity index (χ3v) is 6.58. The number of hydrogen-bond acceptors (Lipinski definition) is 7. The first-order valence-electron chi connectivity index (χ1n) is 11.9. The number of aldehydes is 1. The molecule has 1 aliphatic heterocycles. The maximum absolute atomic E-state index is 12.1. The molecular weight excluding hydrogens is 428 g/mol. The van der Waals surface area contributed by atoms with Gasteiger partial charge in [-0.3, -0.25) is 9.69 Å². The number of nitrogens with one attached hydrogen (secondary N) is 1. The predicted molar refractivity (Wildman–Crippen MR) is 134 cm³/mol. The minimum atomic E-state index is 0.523. The van der Waals surface area contributed by atoms with Gasteiger partial charge in [0.15, 0.2) is 12.7 Å². The topological polar surface area (TPSA) is 70.8 Å². The highest BCUT2D eigenvalue weighted by Gasteiger charge is 2.21. The molecule has 1 aliphatic rings. The zero-order chi connectivity index (χ0) is 23.9. The van der Waals surface area contributed by atoms with Crippen LogP contribution in [0, 0.1) is 6.92 Å². The zero-order valence-electron chi connectivity index (χ0n) is 20.3. The van der Waals surface area contributed by atoms with E-state index in [1.54, 1.807) is 6.26 Å². The van der Waals surface area contributed by atoms with Crippen LogP contribution >= 0.6 is 0 Å². The lowest BCUT2D eigenvalue weighted by Gasteiger charge is -2.33. The highest BCUT2D eigenvalue weighted by atomic mass is 16.5. The van der Waals surface area contributed by atoms with Gasteiger partial charge in [0.05, 0.1) is 5.56 Å². The summed E-state index contributed by atoms with van der Waals surface area (Å²) in [6.07, 6.45) is 4.76. The second-order valence-electron chi connectivity index (χ2n) is 8.95. The van der Waals surface area contributed by atoms with E-state index in [1.807, 2.05) is 13.1 Å². The number of oxazole rings is 1. The molecule has 1 saturated heterocycles. The summed E-state index contributed by atoms with van der Waals surface area (Å²) in [5.41, 5.74) is 7.13. The SMILES string of the molecule is CNCCOc1c(C=O)cc(Cc2ccc(-c3cocn3)cc2)c(C)c1CN1CCN(C)CC1. The van der Waals surface area contributed by atoms with E-state index in [0.717, 1.165) is 80.1 Å². The molecule has 0 atom stereocenters. The first-order valence-corrected chi connectivity index (χ1v) is 11.9. The summed E-state index contributed by atoms with van der Waals surface area (Å²) in [6, 6.07) is 10.3. The van der Waals surface area contributed by atoms with Crippen LogP contribution in [0.25, 0.3) is 11.3 Å². The van der Waals surface area contributed by atoms with Gasteiger partial charge in [0.1, 0.15) is 24.3 Å². The van der Waals surface area contributed by atoms with Gasteiger partial charge in [-0.25, -0.2) is 4.98 Å². The Labute approximate surface area is 201 Å². The number of carbonyl (C=O) groups is 1. The van der Waals surface area contributed by atoms with Gasteiger partial charge in [-0.15, -0.1) is 0 Å². The molecule has 1 fully saturated rings. The minimum Gasteiger partial charge on any atom is -0.491 e. The molecule has 0 radical (unpaired) electrons. The standard InChI is InChI=1S/C27H34N4O3/c1-20-23(14-21-4-6-22(7-5-21)26-18-33-19-29-26)15-24(17-32)27(34-13-8-28-2)25(20)16-31-11-9-30(3)10-12-31/h4-7,15,17-19,28H,8-14,16H2,1-3H3. The van der Waals surface area contributed by atoms with Crippen molar-refractivity contribution in [2.75, 3.05) is 53.4 Å². The van der Waals surface area contributed by atoms with Crippen LogP contribution in [0.3, 0.4) is 0 Å². The van der Waals surface area contributed by atoms with E-state index in [2.05, 4.69) is 58.3 Å². The fraction of sp³-hybridized carbons (Fsp3) is 0.407. The molecule has 7 heteroatoms. The van der Waals surface area contributed by atoms with Crippen molar-refractivity contribution in [2.24, 2.45) is 0 Å². The molecule has 0 spiro atoms. The average Bonchev–Trinajstić information content (AvgIpc) is 3.39. The van der Waals surface area contributed by atoms with Crippen LogP contribution in [0.2, 0.25) is 0 Å². The highest BCUT2D eigenvalue weighted by molar-refractivity contribution is 5.81. The molecule has 34 heavy (non-hydrogen) atoms. The van der Waals surface area contributed by atoms with Gasteiger partial charge in [-0.05, 0) is 50.2 Å². The molecule has 0 aliphatic carbocycles. The molecular formula is C27H34N4O3. The lowest BCUT2D eigenvalue weighted by Crippen LogP contribution is -2.44. The first-order chi connectivity index (χ1) is 16.6. The number of benzene rings is 2. The van der Waals surface area contributed by atoms with E-state index in [9.17, 15) is 4.79 Å². The van der Waals surface area contributed by atoms with Crippen LogP contribution in [0.5, 0.6) is 5.75 Å². The van der Waals surface area contributed by atoms with Gasteiger partial charge in [0, 0.05) is 50.4 Å². The number of carbonyl (C=O) groups excluding carboxylic acids is 1. The maximum Gasteiger partial charge on any atom is 0.181 e. The monoisotopic (exact) mass is 462 g/mol. The van der Waals surface area contributed by atoms with E-state index < -0.39 is 0 Å². The van der Waals surface area contributed by atoms with Crippen molar-refractivity contribution in [2.45, 2.75) is 19.9 Å². The van der Waals surface area contributed by atoms with Gasteiger partial charge in [-0.2, -0.15) is 0 Å².